The molecule has 0 spiro atoms. The van der Waals surface area contributed by atoms with Gasteiger partial charge in [0.15, 0.2) is 11.5 Å². The maximum atomic E-state index is 12.6. The monoisotopic (exact) mass is 380 g/mol. The molecule has 0 fully saturated rings. The number of benzene rings is 2. The third-order valence-corrected chi connectivity index (χ3v) is 4.74. The molecular formula is C18H17ClO5S. The number of allylic oxidation sites excluding steroid dienone is 1. The zero-order valence-corrected chi connectivity index (χ0v) is 15.1. The molecule has 0 N–H and O–H groups in total. The Morgan fingerprint density at radius 3 is 2.44 bits per heavy atom. The Morgan fingerprint density at radius 2 is 1.88 bits per heavy atom. The number of rotatable bonds is 8. The molecule has 0 radical (unpaired) electrons. The summed E-state index contributed by atoms with van der Waals surface area (Å²) in [7, 11) is -4.09. The second kappa shape index (κ2) is 8.18. The van der Waals surface area contributed by atoms with E-state index in [0.717, 1.165) is 0 Å². The van der Waals surface area contributed by atoms with Crippen LogP contribution in [-0.2, 0) is 16.5 Å². The average molecular weight is 381 g/mol. The molecule has 0 heterocycles. The Hall–Kier alpha value is -2.31. The van der Waals surface area contributed by atoms with Crippen LogP contribution in [0, 0.1) is 0 Å². The molecule has 2 rings (SSSR count). The third-order valence-electron chi connectivity index (χ3n) is 3.25. The highest BCUT2D eigenvalue weighted by Crippen LogP contribution is 2.35. The quantitative estimate of drug-likeness (QED) is 0.392. The van der Waals surface area contributed by atoms with Crippen LogP contribution in [0.25, 0.3) is 0 Å². The second-order valence-corrected chi connectivity index (χ2v) is 7.03. The molecule has 0 aliphatic rings. The van der Waals surface area contributed by atoms with Crippen LogP contribution in [0.5, 0.6) is 11.5 Å². The molecule has 25 heavy (non-hydrogen) atoms. The molecule has 0 atom stereocenters. The number of carbonyl (C=O) groups excluding carboxylic acids is 1. The minimum absolute atomic E-state index is 0.0386. The van der Waals surface area contributed by atoms with Gasteiger partial charge >= 0.3 is 10.1 Å². The fourth-order valence-electron chi connectivity index (χ4n) is 2.18. The van der Waals surface area contributed by atoms with Crippen molar-refractivity contribution < 1.29 is 22.1 Å². The summed E-state index contributed by atoms with van der Waals surface area (Å²) in [4.78, 5) is 11.1. The molecule has 0 aliphatic carbocycles. The van der Waals surface area contributed by atoms with Gasteiger partial charge in [0.05, 0.1) is 6.61 Å². The van der Waals surface area contributed by atoms with Crippen LogP contribution in [0.1, 0.15) is 22.8 Å². The van der Waals surface area contributed by atoms with Crippen LogP contribution in [0.15, 0.2) is 53.9 Å². The summed E-state index contributed by atoms with van der Waals surface area (Å²) in [5, 5.41) is 0.414. The number of ether oxygens (including phenoxy) is 1. The van der Waals surface area contributed by atoms with Gasteiger partial charge in [0, 0.05) is 16.1 Å². The first kappa shape index (κ1) is 19.0. The van der Waals surface area contributed by atoms with Gasteiger partial charge in [-0.3, -0.25) is 4.79 Å². The number of carbonyl (C=O) groups is 1. The SMILES string of the molecule is C=CCc1cc(C=O)cc(OCC)c1OS(=O)(=O)c1ccc(Cl)cc1. The van der Waals surface area contributed by atoms with E-state index in [9.17, 15) is 13.2 Å². The highest BCUT2D eigenvalue weighted by Gasteiger charge is 2.22. The van der Waals surface area contributed by atoms with Crippen LogP contribution in [0.2, 0.25) is 5.02 Å². The Balaban J connectivity index is 2.53. The van der Waals surface area contributed by atoms with Crippen molar-refractivity contribution in [3.05, 3.63) is 65.2 Å². The second-order valence-electron chi connectivity index (χ2n) is 5.04. The topological polar surface area (TPSA) is 69.7 Å². The van der Waals surface area contributed by atoms with Gasteiger partial charge in [-0.1, -0.05) is 17.7 Å². The van der Waals surface area contributed by atoms with Crippen LogP contribution in [0.4, 0.5) is 0 Å². The minimum atomic E-state index is -4.09. The lowest BCUT2D eigenvalue weighted by molar-refractivity contribution is 0.112. The number of hydrogen-bond donors (Lipinski definition) is 0. The Kier molecular flexibility index (Phi) is 6.22. The first-order valence-corrected chi connectivity index (χ1v) is 9.25. The van der Waals surface area contributed by atoms with Gasteiger partial charge in [0.1, 0.15) is 11.2 Å². The van der Waals surface area contributed by atoms with E-state index >= 15 is 0 Å². The highest BCUT2D eigenvalue weighted by atomic mass is 35.5. The number of aldehydes is 1. The molecule has 2 aromatic rings. The summed E-state index contributed by atoms with van der Waals surface area (Å²) in [6.45, 7) is 5.68. The van der Waals surface area contributed by atoms with E-state index in [-0.39, 0.29) is 23.0 Å². The summed E-state index contributed by atoms with van der Waals surface area (Å²) in [6, 6.07) is 8.61. The Bertz CT molecular complexity index is 873. The van der Waals surface area contributed by atoms with E-state index in [2.05, 4.69) is 6.58 Å². The smallest absolute Gasteiger partial charge is 0.339 e. The van der Waals surface area contributed by atoms with Crippen LogP contribution >= 0.6 is 11.6 Å². The zero-order chi connectivity index (χ0) is 18.4. The molecule has 0 unspecified atom stereocenters. The van der Waals surface area contributed by atoms with Gasteiger partial charge in [-0.05, 0) is 49.7 Å². The van der Waals surface area contributed by atoms with Crippen molar-refractivity contribution >= 4 is 28.0 Å². The summed E-state index contributed by atoms with van der Waals surface area (Å²) in [6.07, 6.45) is 2.56. The molecule has 0 bridgehead atoms. The van der Waals surface area contributed by atoms with Crippen molar-refractivity contribution in [2.45, 2.75) is 18.2 Å². The van der Waals surface area contributed by atoms with Crippen molar-refractivity contribution in [3.8, 4) is 11.5 Å². The highest BCUT2D eigenvalue weighted by molar-refractivity contribution is 7.87. The normalized spacial score (nSPS) is 11.0. The summed E-state index contributed by atoms with van der Waals surface area (Å²) < 4.78 is 35.9. The molecule has 0 saturated heterocycles. The Morgan fingerprint density at radius 1 is 1.20 bits per heavy atom. The molecule has 7 heteroatoms. The Labute approximate surface area is 152 Å². The van der Waals surface area contributed by atoms with Crippen molar-refractivity contribution in [1.82, 2.24) is 0 Å². The number of hydrogen-bond acceptors (Lipinski definition) is 5. The molecule has 132 valence electrons. The van der Waals surface area contributed by atoms with E-state index in [1.807, 2.05) is 0 Å². The molecule has 0 amide bonds. The molecule has 2 aromatic carbocycles. The van der Waals surface area contributed by atoms with E-state index in [0.29, 0.717) is 28.9 Å². The van der Waals surface area contributed by atoms with Gasteiger partial charge in [-0.25, -0.2) is 0 Å². The molecule has 5 nitrogen and oxygen atoms in total. The fraction of sp³-hybridized carbons (Fsp3) is 0.167. The van der Waals surface area contributed by atoms with E-state index in [4.69, 9.17) is 20.5 Å². The summed E-state index contributed by atoms with van der Waals surface area (Å²) in [5.74, 6) is 0.226. The van der Waals surface area contributed by atoms with Gasteiger partial charge in [0.2, 0.25) is 0 Å². The van der Waals surface area contributed by atoms with E-state index in [1.165, 1.54) is 30.3 Å². The van der Waals surface area contributed by atoms with Crippen molar-refractivity contribution in [2.75, 3.05) is 6.61 Å². The van der Waals surface area contributed by atoms with E-state index < -0.39 is 10.1 Å². The van der Waals surface area contributed by atoms with Crippen molar-refractivity contribution in [3.63, 3.8) is 0 Å². The third kappa shape index (κ3) is 4.61. The lowest BCUT2D eigenvalue weighted by atomic mass is 10.1. The molecule has 0 saturated carbocycles. The summed E-state index contributed by atoms with van der Waals surface area (Å²) in [5.41, 5.74) is 0.845. The lowest BCUT2D eigenvalue weighted by Gasteiger charge is -2.16. The summed E-state index contributed by atoms with van der Waals surface area (Å²) >= 11 is 5.79. The first-order chi connectivity index (χ1) is 11.9. The fourth-order valence-corrected chi connectivity index (χ4v) is 3.28. The maximum absolute atomic E-state index is 12.6. The molecule has 0 aliphatic heterocycles. The predicted octanol–water partition coefficient (Wildman–Crippen LogP) is 4.05. The van der Waals surface area contributed by atoms with Crippen LogP contribution in [0.3, 0.4) is 0 Å². The minimum Gasteiger partial charge on any atom is -0.490 e. The lowest BCUT2D eigenvalue weighted by Crippen LogP contribution is -2.12. The largest absolute Gasteiger partial charge is 0.490 e. The van der Waals surface area contributed by atoms with Gasteiger partial charge in [-0.15, -0.1) is 6.58 Å². The predicted molar refractivity (Wildman–Crippen MR) is 96.2 cm³/mol. The van der Waals surface area contributed by atoms with Crippen LogP contribution in [-0.4, -0.2) is 21.3 Å². The average Bonchev–Trinajstić information content (AvgIpc) is 2.58. The van der Waals surface area contributed by atoms with Gasteiger partial charge in [0.25, 0.3) is 0 Å². The number of halogens is 1. The molecule has 0 aromatic heterocycles. The molecular weight excluding hydrogens is 364 g/mol. The van der Waals surface area contributed by atoms with Crippen molar-refractivity contribution in [2.24, 2.45) is 0 Å². The van der Waals surface area contributed by atoms with Crippen molar-refractivity contribution in [1.29, 1.82) is 0 Å². The standard InChI is InChI=1S/C18H17ClO5S/c1-3-5-14-10-13(12-20)11-17(23-4-2)18(14)24-25(21,22)16-8-6-15(19)7-9-16/h3,6-12H,1,4-5H2,2H3. The van der Waals surface area contributed by atoms with Gasteiger partial charge in [-0.2, -0.15) is 8.42 Å². The van der Waals surface area contributed by atoms with E-state index in [1.54, 1.807) is 19.1 Å². The van der Waals surface area contributed by atoms with Gasteiger partial charge < -0.3 is 8.92 Å². The van der Waals surface area contributed by atoms with Crippen LogP contribution < -0.4 is 8.92 Å². The zero-order valence-electron chi connectivity index (χ0n) is 13.6. The first-order valence-electron chi connectivity index (χ1n) is 7.47. The maximum Gasteiger partial charge on any atom is 0.339 e.